The van der Waals surface area contributed by atoms with E-state index in [9.17, 15) is 4.79 Å². The van der Waals surface area contributed by atoms with Gasteiger partial charge in [-0.15, -0.1) is 22.9 Å². The summed E-state index contributed by atoms with van der Waals surface area (Å²) in [6.07, 6.45) is 1.18. The van der Waals surface area contributed by atoms with Crippen LogP contribution in [-0.2, 0) is 4.79 Å². The minimum atomic E-state index is -0.276. The smallest absolute Gasteiger partial charge is 0.270 e. The molecule has 1 aromatic rings. The first-order chi connectivity index (χ1) is 8.70. The van der Waals surface area contributed by atoms with Gasteiger partial charge in [0.1, 0.15) is 11.3 Å². The zero-order chi connectivity index (χ0) is 12.7. The van der Waals surface area contributed by atoms with Crippen molar-refractivity contribution >= 4 is 45.6 Å². The zero-order valence-electron chi connectivity index (χ0n) is 9.14. The van der Waals surface area contributed by atoms with Gasteiger partial charge in [-0.25, -0.2) is 5.01 Å². The Morgan fingerprint density at radius 1 is 1.56 bits per heavy atom. The number of alkyl halides is 1. The fourth-order valence-electron chi connectivity index (χ4n) is 2.09. The third-order valence-electron chi connectivity index (χ3n) is 2.89. The Morgan fingerprint density at radius 2 is 2.39 bits per heavy atom. The van der Waals surface area contributed by atoms with Crippen LogP contribution in [0, 0.1) is 0 Å². The number of nitrogens with one attached hydrogen (secondary N) is 1. The Bertz CT molecular complexity index is 540. The molecule has 0 saturated heterocycles. The summed E-state index contributed by atoms with van der Waals surface area (Å²) in [5.41, 5.74) is 0.700. The van der Waals surface area contributed by atoms with Crippen LogP contribution in [0.3, 0.4) is 0 Å². The molecular formula is C11H9Cl2N3OS. The van der Waals surface area contributed by atoms with Gasteiger partial charge in [-0.1, -0.05) is 17.7 Å². The molecule has 1 N–H and O–H groups in total. The summed E-state index contributed by atoms with van der Waals surface area (Å²) in [6, 6.07) is 3.94. The van der Waals surface area contributed by atoms with Gasteiger partial charge in [0.2, 0.25) is 0 Å². The van der Waals surface area contributed by atoms with Crippen LogP contribution in [0.1, 0.15) is 10.8 Å². The van der Waals surface area contributed by atoms with Crippen LogP contribution in [0.2, 0.25) is 0 Å². The molecule has 0 fully saturated rings. The van der Waals surface area contributed by atoms with Crippen LogP contribution < -0.4 is 5.32 Å². The second-order valence-corrected chi connectivity index (χ2v) is 5.62. The van der Waals surface area contributed by atoms with E-state index in [1.807, 2.05) is 17.5 Å². The molecule has 2 aliphatic rings. The van der Waals surface area contributed by atoms with E-state index in [1.165, 1.54) is 11.1 Å². The van der Waals surface area contributed by atoms with E-state index in [0.29, 0.717) is 10.9 Å². The van der Waals surface area contributed by atoms with Gasteiger partial charge >= 0.3 is 0 Å². The molecule has 0 bridgehead atoms. The number of rotatable bonds is 2. The molecule has 7 heteroatoms. The van der Waals surface area contributed by atoms with Gasteiger partial charge in [0.25, 0.3) is 5.91 Å². The Morgan fingerprint density at radius 3 is 3.06 bits per heavy atom. The summed E-state index contributed by atoms with van der Waals surface area (Å²) in [6.45, 7) is 0. The summed E-state index contributed by atoms with van der Waals surface area (Å²) in [5.74, 6) is -0.0423. The van der Waals surface area contributed by atoms with Crippen LogP contribution in [0.15, 0.2) is 34.4 Å². The van der Waals surface area contributed by atoms with Crippen molar-refractivity contribution in [3.05, 3.63) is 34.2 Å². The highest BCUT2D eigenvalue weighted by atomic mass is 35.5. The maximum atomic E-state index is 11.9. The number of allylic oxidation sites excluding steroid dienone is 1. The second kappa shape index (κ2) is 4.57. The van der Waals surface area contributed by atoms with Crippen LogP contribution in [0.25, 0.3) is 0 Å². The molecule has 3 heterocycles. The third-order valence-corrected chi connectivity index (χ3v) is 4.44. The summed E-state index contributed by atoms with van der Waals surface area (Å²) in [7, 11) is 0. The molecule has 18 heavy (non-hydrogen) atoms. The van der Waals surface area contributed by atoms with Gasteiger partial charge in [-0.05, 0) is 11.4 Å². The number of nitrogens with zero attached hydrogens (tertiary/aromatic N) is 2. The summed E-state index contributed by atoms with van der Waals surface area (Å²) < 4.78 is 0. The van der Waals surface area contributed by atoms with Gasteiger partial charge in [-0.3, -0.25) is 4.79 Å². The highest BCUT2D eigenvalue weighted by Gasteiger charge is 2.43. The van der Waals surface area contributed by atoms with Crippen molar-refractivity contribution in [2.45, 2.75) is 12.1 Å². The van der Waals surface area contributed by atoms with Crippen molar-refractivity contribution in [3.8, 4) is 0 Å². The van der Waals surface area contributed by atoms with Gasteiger partial charge in [0.15, 0.2) is 0 Å². The lowest BCUT2D eigenvalue weighted by molar-refractivity contribution is -0.129. The van der Waals surface area contributed by atoms with Crippen molar-refractivity contribution in [3.63, 3.8) is 0 Å². The summed E-state index contributed by atoms with van der Waals surface area (Å²) in [5, 5.41) is 11.1. The highest BCUT2D eigenvalue weighted by Crippen LogP contribution is 2.36. The number of amides is 1. The number of hydrogen-bond donors (Lipinski definition) is 1. The standard InChI is InChI=1S/C11H9Cl2N3OS/c12-5-6-4-8(17)16-11(14-6)9(10(13)15-16)7-2-1-3-18-7/h1-4,9,11,14H,5H2. The lowest BCUT2D eigenvalue weighted by Crippen LogP contribution is -2.49. The van der Waals surface area contributed by atoms with Crippen LogP contribution in [-0.4, -0.2) is 28.1 Å². The van der Waals surface area contributed by atoms with E-state index in [-0.39, 0.29) is 23.9 Å². The van der Waals surface area contributed by atoms with Crippen LogP contribution in [0.5, 0.6) is 0 Å². The summed E-state index contributed by atoms with van der Waals surface area (Å²) in [4.78, 5) is 13.0. The Hall–Kier alpha value is -1.04. The van der Waals surface area contributed by atoms with E-state index in [0.717, 1.165) is 4.88 Å². The van der Waals surface area contributed by atoms with Gasteiger partial charge in [0, 0.05) is 16.7 Å². The quantitative estimate of drug-likeness (QED) is 0.852. The first-order valence-electron chi connectivity index (χ1n) is 5.34. The number of hydrogen-bond acceptors (Lipinski definition) is 4. The number of carbonyl (C=O) groups is 1. The normalized spacial score (nSPS) is 26.6. The average Bonchev–Trinajstić information content (AvgIpc) is 2.95. The zero-order valence-corrected chi connectivity index (χ0v) is 11.5. The van der Waals surface area contributed by atoms with E-state index >= 15 is 0 Å². The lowest BCUT2D eigenvalue weighted by atomic mass is 10.0. The Kier molecular flexibility index (Phi) is 3.05. The first-order valence-corrected chi connectivity index (χ1v) is 7.13. The first kappa shape index (κ1) is 12.0. The monoisotopic (exact) mass is 301 g/mol. The topological polar surface area (TPSA) is 44.7 Å². The molecule has 2 atom stereocenters. The molecule has 0 spiro atoms. The predicted molar refractivity (Wildman–Crippen MR) is 72.9 cm³/mol. The third kappa shape index (κ3) is 1.83. The number of hydrazone groups is 1. The Labute approximate surface area is 118 Å². The number of fused-ring (bicyclic) bond motifs is 1. The van der Waals surface area contributed by atoms with Crippen molar-refractivity contribution in [1.82, 2.24) is 10.3 Å². The molecule has 1 amide bonds. The van der Waals surface area contributed by atoms with E-state index in [1.54, 1.807) is 11.3 Å². The predicted octanol–water partition coefficient (Wildman–Crippen LogP) is 2.28. The minimum Gasteiger partial charge on any atom is -0.365 e. The summed E-state index contributed by atoms with van der Waals surface area (Å²) >= 11 is 13.5. The molecule has 0 radical (unpaired) electrons. The van der Waals surface area contributed by atoms with Crippen molar-refractivity contribution in [1.29, 1.82) is 0 Å². The molecule has 0 saturated carbocycles. The van der Waals surface area contributed by atoms with E-state index in [4.69, 9.17) is 23.2 Å². The molecule has 94 valence electrons. The van der Waals surface area contributed by atoms with Crippen molar-refractivity contribution in [2.24, 2.45) is 5.10 Å². The molecule has 2 unspecified atom stereocenters. The fraction of sp³-hybridized carbons (Fsp3) is 0.273. The van der Waals surface area contributed by atoms with Crippen LogP contribution >= 0.6 is 34.5 Å². The fourth-order valence-corrected chi connectivity index (χ4v) is 3.49. The SMILES string of the molecule is O=C1C=C(CCl)NC2C(c3cccs3)C(Cl)=NN12. The molecule has 0 aliphatic carbocycles. The number of halogens is 2. The molecule has 3 rings (SSSR count). The molecule has 0 aromatic carbocycles. The maximum absolute atomic E-state index is 11.9. The largest absolute Gasteiger partial charge is 0.365 e. The molecular weight excluding hydrogens is 293 g/mol. The Balaban J connectivity index is 1.97. The second-order valence-electron chi connectivity index (χ2n) is 3.99. The molecule has 2 aliphatic heterocycles. The number of thiophene rings is 1. The average molecular weight is 302 g/mol. The minimum absolute atomic E-state index is 0.123. The highest BCUT2D eigenvalue weighted by molar-refractivity contribution is 7.10. The van der Waals surface area contributed by atoms with Crippen molar-refractivity contribution < 1.29 is 4.79 Å². The van der Waals surface area contributed by atoms with Gasteiger partial charge < -0.3 is 5.32 Å². The molecule has 4 nitrogen and oxygen atoms in total. The van der Waals surface area contributed by atoms with Crippen LogP contribution in [0.4, 0.5) is 0 Å². The number of carbonyl (C=O) groups excluding carboxylic acids is 1. The maximum Gasteiger partial charge on any atom is 0.270 e. The van der Waals surface area contributed by atoms with Gasteiger partial charge in [0.05, 0.1) is 11.8 Å². The lowest BCUT2D eigenvalue weighted by Gasteiger charge is -2.31. The van der Waals surface area contributed by atoms with E-state index in [2.05, 4.69) is 10.4 Å². The molecule has 1 aromatic heterocycles. The van der Waals surface area contributed by atoms with E-state index < -0.39 is 0 Å². The van der Waals surface area contributed by atoms with Gasteiger partial charge in [-0.2, -0.15) is 5.10 Å². The van der Waals surface area contributed by atoms with Crippen molar-refractivity contribution in [2.75, 3.05) is 5.88 Å².